The zero-order valence-electron chi connectivity index (χ0n) is 12.5. The predicted octanol–water partition coefficient (Wildman–Crippen LogP) is 0.941. The Morgan fingerprint density at radius 1 is 1.25 bits per heavy atom. The van der Waals surface area contributed by atoms with Crippen LogP contribution in [-0.2, 0) is 9.59 Å². The Balaban J connectivity index is 1.76. The fourth-order valence-electron chi connectivity index (χ4n) is 3.01. The molecule has 3 amide bonds. The van der Waals surface area contributed by atoms with E-state index < -0.39 is 35.5 Å². The van der Waals surface area contributed by atoms with Gasteiger partial charge in [-0.3, -0.25) is 14.9 Å². The first-order chi connectivity index (χ1) is 11.3. The third-order valence-corrected chi connectivity index (χ3v) is 4.23. The van der Waals surface area contributed by atoms with E-state index in [0.717, 1.165) is 12.1 Å². The Morgan fingerprint density at radius 3 is 2.42 bits per heavy atom. The van der Waals surface area contributed by atoms with Crippen molar-refractivity contribution >= 4 is 23.6 Å². The van der Waals surface area contributed by atoms with E-state index in [1.807, 2.05) is 0 Å². The second-order valence-electron chi connectivity index (χ2n) is 5.88. The number of hydrogen-bond acceptors (Lipinski definition) is 4. The van der Waals surface area contributed by atoms with Crippen molar-refractivity contribution in [3.63, 3.8) is 0 Å². The van der Waals surface area contributed by atoms with Crippen LogP contribution in [0.15, 0.2) is 12.1 Å². The maximum Gasteiger partial charge on any atom is 0.405 e. The van der Waals surface area contributed by atoms with Crippen LogP contribution in [0.3, 0.4) is 0 Å². The molecule has 128 valence electrons. The monoisotopic (exact) mass is 339 g/mol. The third kappa shape index (κ3) is 3.01. The summed E-state index contributed by atoms with van der Waals surface area (Å²) in [5, 5.41) is 13.0. The molecular weight excluding hydrogens is 324 g/mol. The zero-order valence-corrected chi connectivity index (χ0v) is 12.5. The fraction of sp³-hybridized carbons (Fsp3) is 0.400. The van der Waals surface area contributed by atoms with E-state index in [1.165, 1.54) is 0 Å². The van der Waals surface area contributed by atoms with Crippen LogP contribution in [0.1, 0.15) is 24.3 Å². The molecule has 24 heavy (non-hydrogen) atoms. The molecule has 0 aliphatic carbocycles. The van der Waals surface area contributed by atoms with Gasteiger partial charge < -0.3 is 15.3 Å². The van der Waals surface area contributed by atoms with Crippen LogP contribution < -0.4 is 15.5 Å². The first-order valence-corrected chi connectivity index (χ1v) is 7.42. The van der Waals surface area contributed by atoms with Gasteiger partial charge >= 0.3 is 6.09 Å². The van der Waals surface area contributed by atoms with Gasteiger partial charge in [-0.1, -0.05) is 0 Å². The lowest BCUT2D eigenvalue weighted by Crippen LogP contribution is -2.59. The minimum Gasteiger partial charge on any atom is -0.465 e. The zero-order chi connectivity index (χ0) is 17.4. The van der Waals surface area contributed by atoms with Crippen molar-refractivity contribution in [3.8, 4) is 0 Å². The number of carboxylic acid groups (broad SMARTS) is 1. The number of piperidine rings is 1. The van der Waals surface area contributed by atoms with Crippen molar-refractivity contribution in [2.45, 2.75) is 24.8 Å². The quantitative estimate of drug-likeness (QED) is 0.712. The molecule has 2 aliphatic heterocycles. The summed E-state index contributed by atoms with van der Waals surface area (Å²) in [6.45, 7) is 0.617. The van der Waals surface area contributed by atoms with Gasteiger partial charge in [0.25, 0.3) is 0 Å². The molecule has 0 unspecified atom stereocenters. The lowest BCUT2D eigenvalue weighted by Gasteiger charge is -2.40. The normalized spacial score (nSPS) is 21.2. The molecule has 2 saturated heterocycles. The third-order valence-electron chi connectivity index (χ3n) is 4.23. The Labute approximate surface area is 135 Å². The van der Waals surface area contributed by atoms with E-state index in [1.54, 1.807) is 4.90 Å². The number of carbonyl (C=O) groups is 3. The van der Waals surface area contributed by atoms with Crippen LogP contribution in [0.25, 0.3) is 0 Å². The number of amides is 3. The molecule has 3 N–H and O–H groups in total. The van der Waals surface area contributed by atoms with E-state index in [4.69, 9.17) is 5.11 Å². The molecular formula is C15H15F2N3O4. The minimum atomic E-state index is -1.15. The standard InChI is InChI=1S/C15H15F2N3O4/c16-10-3-8(20-5-7(6-20)18-15(23)24)4-11(17)13(10)9-1-2-12(21)19-14(9)22/h3-4,7,9,18H,1-2,5-6H2,(H,23,24)(H,19,21,22)/t9-/m0/s1. The van der Waals surface area contributed by atoms with Crippen molar-refractivity contribution in [2.75, 3.05) is 18.0 Å². The van der Waals surface area contributed by atoms with Gasteiger partial charge in [0.1, 0.15) is 11.6 Å². The van der Waals surface area contributed by atoms with Gasteiger partial charge in [-0.15, -0.1) is 0 Å². The first-order valence-electron chi connectivity index (χ1n) is 7.42. The Hall–Kier alpha value is -2.71. The van der Waals surface area contributed by atoms with Crippen molar-refractivity contribution in [1.82, 2.24) is 10.6 Å². The van der Waals surface area contributed by atoms with Crippen LogP contribution in [0, 0.1) is 11.6 Å². The summed E-state index contributed by atoms with van der Waals surface area (Å²) in [5.74, 6) is -3.89. The fourth-order valence-corrected chi connectivity index (χ4v) is 3.01. The van der Waals surface area contributed by atoms with E-state index in [2.05, 4.69) is 10.6 Å². The van der Waals surface area contributed by atoms with Gasteiger partial charge in [-0.05, 0) is 18.6 Å². The SMILES string of the molecule is O=C(O)NC1CN(c2cc(F)c([C@@H]3CCC(=O)NC3=O)c(F)c2)C1. The van der Waals surface area contributed by atoms with E-state index in [0.29, 0.717) is 13.1 Å². The number of hydrogen-bond donors (Lipinski definition) is 3. The average molecular weight is 339 g/mol. The summed E-state index contributed by atoms with van der Waals surface area (Å²) in [4.78, 5) is 35.1. The smallest absolute Gasteiger partial charge is 0.405 e. The Morgan fingerprint density at radius 2 is 1.88 bits per heavy atom. The molecule has 2 heterocycles. The maximum absolute atomic E-state index is 14.4. The highest BCUT2D eigenvalue weighted by Crippen LogP contribution is 2.33. The molecule has 1 aromatic carbocycles. The number of imide groups is 1. The summed E-state index contributed by atoms with van der Waals surface area (Å²) >= 11 is 0. The van der Waals surface area contributed by atoms with Crippen LogP contribution in [0.5, 0.6) is 0 Å². The van der Waals surface area contributed by atoms with Gasteiger partial charge in [0, 0.05) is 30.8 Å². The number of carbonyl (C=O) groups excluding carboxylic acids is 2. The van der Waals surface area contributed by atoms with Gasteiger partial charge in [0.15, 0.2) is 0 Å². The minimum absolute atomic E-state index is 0.0334. The molecule has 0 bridgehead atoms. The number of rotatable bonds is 3. The average Bonchev–Trinajstić information content (AvgIpc) is 2.43. The predicted molar refractivity (Wildman–Crippen MR) is 78.6 cm³/mol. The molecule has 0 radical (unpaired) electrons. The highest BCUT2D eigenvalue weighted by atomic mass is 19.1. The number of halogens is 2. The summed E-state index contributed by atoms with van der Waals surface area (Å²) in [7, 11) is 0. The molecule has 7 nitrogen and oxygen atoms in total. The highest BCUT2D eigenvalue weighted by molar-refractivity contribution is 6.01. The molecule has 9 heteroatoms. The molecule has 0 spiro atoms. The number of anilines is 1. The van der Waals surface area contributed by atoms with Gasteiger partial charge in [0.2, 0.25) is 11.8 Å². The molecule has 2 fully saturated rings. The van der Waals surface area contributed by atoms with Crippen molar-refractivity contribution in [1.29, 1.82) is 0 Å². The van der Waals surface area contributed by atoms with E-state index >= 15 is 0 Å². The molecule has 0 saturated carbocycles. The summed E-state index contributed by atoms with van der Waals surface area (Å²) in [6, 6.07) is 1.96. The van der Waals surface area contributed by atoms with E-state index in [-0.39, 0.29) is 30.1 Å². The second-order valence-corrected chi connectivity index (χ2v) is 5.88. The van der Waals surface area contributed by atoms with Gasteiger partial charge in [-0.2, -0.15) is 0 Å². The molecule has 1 aromatic rings. The summed E-state index contributed by atoms with van der Waals surface area (Å²) in [6.07, 6.45) is -1.05. The lowest BCUT2D eigenvalue weighted by molar-refractivity contribution is -0.134. The number of benzene rings is 1. The van der Waals surface area contributed by atoms with E-state index in [9.17, 15) is 23.2 Å². The first kappa shape index (κ1) is 16.2. The largest absolute Gasteiger partial charge is 0.465 e. The second kappa shape index (κ2) is 6.06. The van der Waals surface area contributed by atoms with Crippen LogP contribution in [-0.4, -0.2) is 42.1 Å². The maximum atomic E-state index is 14.4. The Bertz CT molecular complexity index is 696. The molecule has 0 aromatic heterocycles. The van der Waals surface area contributed by atoms with Crippen LogP contribution in [0.4, 0.5) is 19.3 Å². The number of nitrogens with zero attached hydrogens (tertiary/aromatic N) is 1. The van der Waals surface area contributed by atoms with Crippen LogP contribution >= 0.6 is 0 Å². The molecule has 2 aliphatic rings. The topological polar surface area (TPSA) is 98.7 Å². The summed E-state index contributed by atoms with van der Waals surface area (Å²) in [5.41, 5.74) is -0.0611. The highest BCUT2D eigenvalue weighted by Gasteiger charge is 2.34. The van der Waals surface area contributed by atoms with Crippen molar-refractivity contribution in [2.24, 2.45) is 0 Å². The molecule has 1 atom stereocenters. The summed E-state index contributed by atoms with van der Waals surface area (Å²) < 4.78 is 28.7. The van der Waals surface area contributed by atoms with Gasteiger partial charge in [-0.25, -0.2) is 13.6 Å². The van der Waals surface area contributed by atoms with Crippen molar-refractivity contribution in [3.05, 3.63) is 29.3 Å². The molecule has 3 rings (SSSR count). The van der Waals surface area contributed by atoms with Crippen LogP contribution in [0.2, 0.25) is 0 Å². The lowest BCUT2D eigenvalue weighted by atomic mass is 9.89. The Kier molecular flexibility index (Phi) is 4.08. The van der Waals surface area contributed by atoms with Crippen molar-refractivity contribution < 1.29 is 28.3 Å². The van der Waals surface area contributed by atoms with Gasteiger partial charge in [0.05, 0.1) is 12.0 Å². The number of nitrogens with one attached hydrogen (secondary N) is 2.